The van der Waals surface area contributed by atoms with Crippen molar-refractivity contribution < 1.29 is 13.2 Å². The highest BCUT2D eigenvalue weighted by Gasteiger charge is 2.19. The summed E-state index contributed by atoms with van der Waals surface area (Å²) in [5.74, 6) is -0.266. The lowest BCUT2D eigenvalue weighted by Gasteiger charge is -2.13. The van der Waals surface area contributed by atoms with E-state index in [1.807, 2.05) is 6.92 Å². The molecule has 0 saturated carbocycles. The standard InChI is InChI=1S/C19H21ClN2O3S/c1-4-7-14(3)19(23)21-15-11-10-13(2)18(12-15)26(24,25)22-17-9-6-5-8-16(17)20/h5-12,22H,4H2,1-3H3,(H,21,23)/b14-7-. The summed E-state index contributed by atoms with van der Waals surface area (Å²) < 4.78 is 28.0. The molecule has 0 spiro atoms. The predicted molar refractivity (Wildman–Crippen MR) is 106 cm³/mol. The van der Waals surface area contributed by atoms with Crippen LogP contribution in [0.25, 0.3) is 0 Å². The second kappa shape index (κ2) is 8.38. The first-order chi connectivity index (χ1) is 12.2. The maximum Gasteiger partial charge on any atom is 0.262 e. The number of carbonyl (C=O) groups excluding carboxylic acids is 1. The van der Waals surface area contributed by atoms with Crippen LogP contribution in [0.4, 0.5) is 11.4 Å². The average Bonchev–Trinajstić information content (AvgIpc) is 2.58. The van der Waals surface area contributed by atoms with Gasteiger partial charge in [-0.1, -0.05) is 42.8 Å². The van der Waals surface area contributed by atoms with Crippen LogP contribution in [0, 0.1) is 6.92 Å². The highest BCUT2D eigenvalue weighted by atomic mass is 35.5. The fourth-order valence-electron chi connectivity index (χ4n) is 2.34. The smallest absolute Gasteiger partial charge is 0.262 e. The summed E-state index contributed by atoms with van der Waals surface area (Å²) in [6, 6.07) is 11.3. The van der Waals surface area contributed by atoms with Gasteiger partial charge in [-0.2, -0.15) is 0 Å². The molecule has 0 radical (unpaired) electrons. The lowest BCUT2D eigenvalue weighted by atomic mass is 10.2. The van der Waals surface area contributed by atoms with Crippen LogP contribution >= 0.6 is 11.6 Å². The molecule has 0 fully saturated rings. The van der Waals surface area contributed by atoms with Gasteiger partial charge in [0, 0.05) is 11.3 Å². The number of sulfonamides is 1. The Labute approximate surface area is 159 Å². The van der Waals surface area contributed by atoms with Crippen molar-refractivity contribution in [2.24, 2.45) is 0 Å². The van der Waals surface area contributed by atoms with Gasteiger partial charge in [0.2, 0.25) is 0 Å². The highest BCUT2D eigenvalue weighted by Crippen LogP contribution is 2.27. The number of nitrogens with one attached hydrogen (secondary N) is 2. The summed E-state index contributed by atoms with van der Waals surface area (Å²) in [5, 5.41) is 3.02. The van der Waals surface area contributed by atoms with Crippen molar-refractivity contribution in [3.8, 4) is 0 Å². The molecule has 5 nitrogen and oxygen atoms in total. The topological polar surface area (TPSA) is 75.3 Å². The lowest BCUT2D eigenvalue weighted by molar-refractivity contribution is -0.112. The number of rotatable bonds is 6. The summed E-state index contributed by atoms with van der Waals surface area (Å²) in [7, 11) is -3.86. The number of benzene rings is 2. The van der Waals surface area contributed by atoms with Gasteiger partial charge in [0.15, 0.2) is 0 Å². The molecule has 7 heteroatoms. The van der Waals surface area contributed by atoms with Crippen LogP contribution in [0.2, 0.25) is 5.02 Å². The van der Waals surface area contributed by atoms with Crippen LogP contribution < -0.4 is 10.0 Å². The summed E-state index contributed by atoms with van der Waals surface area (Å²) in [4.78, 5) is 12.2. The highest BCUT2D eigenvalue weighted by molar-refractivity contribution is 7.92. The monoisotopic (exact) mass is 392 g/mol. The number of hydrogen-bond acceptors (Lipinski definition) is 3. The molecule has 0 atom stereocenters. The Morgan fingerprint density at radius 2 is 1.88 bits per heavy atom. The molecule has 1 amide bonds. The number of para-hydroxylation sites is 1. The molecule has 26 heavy (non-hydrogen) atoms. The van der Waals surface area contributed by atoms with Gasteiger partial charge in [-0.3, -0.25) is 9.52 Å². The first-order valence-electron chi connectivity index (χ1n) is 8.10. The minimum Gasteiger partial charge on any atom is -0.322 e. The van der Waals surface area contributed by atoms with Crippen molar-refractivity contribution in [3.05, 3.63) is 64.7 Å². The normalized spacial score (nSPS) is 11.9. The lowest BCUT2D eigenvalue weighted by Crippen LogP contribution is -2.16. The molecule has 2 rings (SSSR count). The van der Waals surface area contributed by atoms with E-state index in [1.54, 1.807) is 56.3 Å². The van der Waals surface area contributed by atoms with Gasteiger partial charge in [0.1, 0.15) is 0 Å². The van der Waals surface area contributed by atoms with E-state index >= 15 is 0 Å². The fraction of sp³-hybridized carbons (Fsp3) is 0.211. The number of amides is 1. The van der Waals surface area contributed by atoms with Crippen molar-refractivity contribution >= 4 is 38.9 Å². The van der Waals surface area contributed by atoms with Crippen LogP contribution in [0.3, 0.4) is 0 Å². The van der Waals surface area contributed by atoms with Gasteiger partial charge in [-0.05, 0) is 50.1 Å². The van der Waals surface area contributed by atoms with Crippen LogP contribution in [0.5, 0.6) is 0 Å². The molecule has 0 aliphatic carbocycles. The zero-order valence-electron chi connectivity index (χ0n) is 14.8. The van der Waals surface area contributed by atoms with E-state index in [1.165, 1.54) is 6.07 Å². The van der Waals surface area contributed by atoms with E-state index in [0.717, 1.165) is 6.42 Å². The number of halogens is 1. The Morgan fingerprint density at radius 1 is 1.19 bits per heavy atom. The molecule has 0 aliphatic rings. The number of allylic oxidation sites excluding steroid dienone is 1. The van der Waals surface area contributed by atoms with E-state index < -0.39 is 10.0 Å². The van der Waals surface area contributed by atoms with Crippen LogP contribution in [0.15, 0.2) is 59.0 Å². The number of carbonyl (C=O) groups is 1. The predicted octanol–water partition coefficient (Wildman–Crippen LogP) is 4.74. The third-order valence-electron chi connectivity index (χ3n) is 3.72. The summed E-state index contributed by atoms with van der Waals surface area (Å²) in [5.41, 5.74) is 1.84. The van der Waals surface area contributed by atoms with Crippen LogP contribution in [-0.4, -0.2) is 14.3 Å². The van der Waals surface area contributed by atoms with Gasteiger partial charge in [-0.25, -0.2) is 8.42 Å². The van der Waals surface area contributed by atoms with E-state index in [4.69, 9.17) is 11.6 Å². The van der Waals surface area contributed by atoms with Crippen LogP contribution in [0.1, 0.15) is 25.8 Å². The van der Waals surface area contributed by atoms with Gasteiger partial charge in [0.25, 0.3) is 15.9 Å². The average molecular weight is 393 g/mol. The molecular weight excluding hydrogens is 372 g/mol. The van der Waals surface area contributed by atoms with Crippen molar-refractivity contribution in [3.63, 3.8) is 0 Å². The Hall–Kier alpha value is -2.31. The third-order valence-corrected chi connectivity index (χ3v) is 5.56. The van der Waals surface area contributed by atoms with Gasteiger partial charge >= 0.3 is 0 Å². The first kappa shape index (κ1) is 20.0. The molecule has 2 N–H and O–H groups in total. The summed E-state index contributed by atoms with van der Waals surface area (Å²) in [6.45, 7) is 5.34. The molecule has 138 valence electrons. The Morgan fingerprint density at radius 3 is 2.54 bits per heavy atom. The van der Waals surface area contributed by atoms with Crippen molar-refractivity contribution in [1.29, 1.82) is 0 Å². The molecule has 2 aromatic carbocycles. The van der Waals surface area contributed by atoms with E-state index in [0.29, 0.717) is 27.5 Å². The molecule has 0 heterocycles. The second-order valence-corrected chi connectivity index (χ2v) is 7.87. The zero-order valence-corrected chi connectivity index (χ0v) is 16.4. The summed E-state index contributed by atoms with van der Waals surface area (Å²) in [6.07, 6.45) is 2.55. The molecule has 0 aromatic heterocycles. The number of aryl methyl sites for hydroxylation is 1. The zero-order chi connectivity index (χ0) is 19.3. The quantitative estimate of drug-likeness (QED) is 0.697. The minimum absolute atomic E-state index is 0.0762. The van der Waals surface area contributed by atoms with Crippen molar-refractivity contribution in [2.45, 2.75) is 32.1 Å². The third kappa shape index (κ3) is 4.86. The molecule has 0 bridgehead atoms. The first-order valence-corrected chi connectivity index (χ1v) is 9.97. The van der Waals surface area contributed by atoms with Gasteiger partial charge in [-0.15, -0.1) is 0 Å². The van der Waals surface area contributed by atoms with E-state index in [-0.39, 0.29) is 10.8 Å². The Balaban J connectivity index is 2.33. The minimum atomic E-state index is -3.86. The maximum atomic E-state index is 12.8. The Bertz CT molecular complexity index is 953. The fourth-order valence-corrected chi connectivity index (χ4v) is 3.93. The number of hydrogen-bond donors (Lipinski definition) is 2. The van der Waals surface area contributed by atoms with Crippen LogP contribution in [-0.2, 0) is 14.8 Å². The Kier molecular flexibility index (Phi) is 6.45. The van der Waals surface area contributed by atoms with Crippen molar-refractivity contribution in [2.75, 3.05) is 10.0 Å². The second-order valence-electron chi connectivity index (χ2n) is 5.82. The van der Waals surface area contributed by atoms with Gasteiger partial charge < -0.3 is 5.32 Å². The van der Waals surface area contributed by atoms with Gasteiger partial charge in [0.05, 0.1) is 15.6 Å². The molecule has 0 unspecified atom stereocenters. The van der Waals surface area contributed by atoms with Crippen molar-refractivity contribution in [1.82, 2.24) is 0 Å². The molecule has 0 aliphatic heterocycles. The number of anilines is 2. The largest absolute Gasteiger partial charge is 0.322 e. The summed E-state index contributed by atoms with van der Waals surface area (Å²) >= 11 is 6.03. The maximum absolute atomic E-state index is 12.8. The molecule has 2 aromatic rings. The SMILES string of the molecule is CC/C=C(/C)C(=O)Nc1ccc(C)c(S(=O)(=O)Nc2ccccc2Cl)c1. The van der Waals surface area contributed by atoms with E-state index in [9.17, 15) is 13.2 Å². The van der Waals surface area contributed by atoms with E-state index in [2.05, 4.69) is 10.0 Å². The molecular formula is C19H21ClN2O3S. The molecule has 0 saturated heterocycles.